The van der Waals surface area contributed by atoms with Gasteiger partial charge in [-0.2, -0.15) is 0 Å². The van der Waals surface area contributed by atoms with Gasteiger partial charge in [0.2, 0.25) is 0 Å². The maximum absolute atomic E-state index is 9.18. The van der Waals surface area contributed by atoms with Gasteiger partial charge in [0.25, 0.3) is 0 Å². The first-order valence-corrected chi connectivity index (χ1v) is 3.48. The summed E-state index contributed by atoms with van der Waals surface area (Å²) in [6, 6.07) is 7.35. The number of aliphatic hydroxyl groups excluding tert-OH is 1. The molecule has 0 saturated carbocycles. The highest BCUT2D eigenvalue weighted by molar-refractivity contribution is 5.35. The molecule has 1 unspecified atom stereocenters. The first-order valence-electron chi connectivity index (χ1n) is 3.48. The summed E-state index contributed by atoms with van der Waals surface area (Å²) in [5, 5.41) is 9.18. The van der Waals surface area contributed by atoms with E-state index in [4.69, 9.17) is 6.42 Å². The van der Waals surface area contributed by atoms with Gasteiger partial charge in [-0.15, -0.1) is 6.42 Å². The molecule has 11 heavy (non-hydrogen) atoms. The van der Waals surface area contributed by atoms with Gasteiger partial charge in [-0.05, 0) is 24.6 Å². The average molecular weight is 146 g/mol. The minimum atomic E-state index is -0.441. The highest BCUT2D eigenvalue weighted by Crippen LogP contribution is 2.12. The third-order valence-electron chi connectivity index (χ3n) is 1.54. The molecule has 1 aromatic carbocycles. The largest absolute Gasteiger partial charge is 0.389 e. The molecule has 0 aromatic heterocycles. The van der Waals surface area contributed by atoms with E-state index >= 15 is 0 Å². The molecule has 1 N–H and O–H groups in total. The van der Waals surface area contributed by atoms with Gasteiger partial charge in [-0.3, -0.25) is 0 Å². The normalized spacial score (nSPS) is 12.1. The van der Waals surface area contributed by atoms with Crippen molar-refractivity contribution in [3.05, 3.63) is 35.4 Å². The van der Waals surface area contributed by atoms with Gasteiger partial charge < -0.3 is 5.11 Å². The molecule has 1 aromatic rings. The summed E-state index contributed by atoms with van der Waals surface area (Å²) in [4.78, 5) is 0. The second kappa shape index (κ2) is 3.23. The van der Waals surface area contributed by atoms with Crippen LogP contribution in [0.4, 0.5) is 0 Å². The van der Waals surface area contributed by atoms with Gasteiger partial charge in [-0.25, -0.2) is 0 Å². The number of hydrogen-bond donors (Lipinski definition) is 1. The van der Waals surface area contributed by atoms with Crippen LogP contribution in [0.2, 0.25) is 0 Å². The molecular weight excluding hydrogens is 136 g/mol. The standard InChI is InChI=1S/C10H10O/c1-3-9-5-4-6-10(7-9)8(2)11/h1,4-8,11H,2H3. The Morgan fingerprint density at radius 3 is 2.82 bits per heavy atom. The highest BCUT2D eigenvalue weighted by Gasteiger charge is 1.98. The molecule has 1 rings (SSSR count). The van der Waals surface area contributed by atoms with Gasteiger partial charge >= 0.3 is 0 Å². The van der Waals surface area contributed by atoms with Gasteiger partial charge in [0.05, 0.1) is 6.10 Å². The van der Waals surface area contributed by atoms with Crippen LogP contribution >= 0.6 is 0 Å². The zero-order valence-electron chi connectivity index (χ0n) is 6.41. The van der Waals surface area contributed by atoms with Crippen LogP contribution in [0.25, 0.3) is 0 Å². The van der Waals surface area contributed by atoms with Crippen LogP contribution in [-0.2, 0) is 0 Å². The van der Waals surface area contributed by atoms with Gasteiger partial charge in [0, 0.05) is 5.56 Å². The third-order valence-corrected chi connectivity index (χ3v) is 1.54. The Labute approximate surface area is 66.7 Å². The summed E-state index contributed by atoms with van der Waals surface area (Å²) in [5.74, 6) is 2.51. The van der Waals surface area contributed by atoms with E-state index in [1.165, 1.54) is 0 Å². The molecule has 1 atom stereocenters. The number of aliphatic hydroxyl groups is 1. The Morgan fingerprint density at radius 2 is 2.27 bits per heavy atom. The van der Waals surface area contributed by atoms with E-state index in [-0.39, 0.29) is 0 Å². The van der Waals surface area contributed by atoms with Crippen LogP contribution in [0, 0.1) is 12.3 Å². The first-order chi connectivity index (χ1) is 5.24. The average Bonchev–Trinajstić information content (AvgIpc) is 2.05. The highest BCUT2D eigenvalue weighted by atomic mass is 16.3. The molecule has 1 nitrogen and oxygen atoms in total. The fraction of sp³-hybridized carbons (Fsp3) is 0.200. The molecule has 0 saturated heterocycles. The minimum absolute atomic E-state index is 0.441. The van der Waals surface area contributed by atoms with E-state index in [9.17, 15) is 5.11 Å². The maximum atomic E-state index is 9.18. The van der Waals surface area contributed by atoms with Crippen molar-refractivity contribution in [2.75, 3.05) is 0 Å². The van der Waals surface area contributed by atoms with Crippen molar-refractivity contribution < 1.29 is 5.11 Å². The van der Waals surface area contributed by atoms with Crippen LogP contribution in [0.3, 0.4) is 0 Å². The van der Waals surface area contributed by atoms with Crippen molar-refractivity contribution in [2.24, 2.45) is 0 Å². The van der Waals surface area contributed by atoms with Crippen LogP contribution in [-0.4, -0.2) is 5.11 Å². The monoisotopic (exact) mass is 146 g/mol. The van der Waals surface area contributed by atoms with Crippen molar-refractivity contribution >= 4 is 0 Å². The molecule has 56 valence electrons. The summed E-state index contributed by atoms with van der Waals surface area (Å²) in [5.41, 5.74) is 1.67. The summed E-state index contributed by atoms with van der Waals surface area (Å²) < 4.78 is 0. The molecule has 0 aliphatic rings. The predicted molar refractivity (Wildman–Crippen MR) is 45.0 cm³/mol. The molecule has 0 spiro atoms. The fourth-order valence-electron chi connectivity index (χ4n) is 0.888. The van der Waals surface area contributed by atoms with Crippen molar-refractivity contribution in [3.63, 3.8) is 0 Å². The Morgan fingerprint density at radius 1 is 1.55 bits per heavy atom. The zero-order valence-corrected chi connectivity index (χ0v) is 6.41. The third kappa shape index (κ3) is 1.83. The van der Waals surface area contributed by atoms with Crippen molar-refractivity contribution in [2.45, 2.75) is 13.0 Å². The van der Waals surface area contributed by atoms with E-state index in [2.05, 4.69) is 5.92 Å². The van der Waals surface area contributed by atoms with Gasteiger partial charge in [0.15, 0.2) is 0 Å². The van der Waals surface area contributed by atoms with E-state index in [0.29, 0.717) is 0 Å². The SMILES string of the molecule is C#Cc1cccc(C(C)O)c1. The molecule has 1 heteroatoms. The van der Waals surface area contributed by atoms with E-state index in [0.717, 1.165) is 11.1 Å². The van der Waals surface area contributed by atoms with Crippen molar-refractivity contribution in [1.29, 1.82) is 0 Å². The lowest BCUT2D eigenvalue weighted by Crippen LogP contribution is -1.90. The molecule has 0 aliphatic carbocycles. The van der Waals surface area contributed by atoms with Crippen molar-refractivity contribution in [3.8, 4) is 12.3 Å². The Balaban J connectivity index is 3.03. The van der Waals surface area contributed by atoms with Gasteiger partial charge in [-0.1, -0.05) is 18.1 Å². The number of rotatable bonds is 1. The lowest BCUT2D eigenvalue weighted by molar-refractivity contribution is 0.199. The molecule has 0 bridgehead atoms. The predicted octanol–water partition coefficient (Wildman–Crippen LogP) is 1.72. The van der Waals surface area contributed by atoms with E-state index < -0.39 is 6.10 Å². The zero-order chi connectivity index (χ0) is 8.27. The number of hydrogen-bond acceptors (Lipinski definition) is 1. The van der Waals surface area contributed by atoms with Gasteiger partial charge in [0.1, 0.15) is 0 Å². The Kier molecular flexibility index (Phi) is 2.30. The lowest BCUT2D eigenvalue weighted by atomic mass is 10.1. The Hall–Kier alpha value is -1.26. The first kappa shape index (κ1) is 7.84. The smallest absolute Gasteiger partial charge is 0.0762 e. The lowest BCUT2D eigenvalue weighted by Gasteiger charge is -2.03. The number of benzene rings is 1. The van der Waals surface area contributed by atoms with Crippen LogP contribution in [0.5, 0.6) is 0 Å². The summed E-state index contributed by atoms with van der Waals surface area (Å²) in [7, 11) is 0. The van der Waals surface area contributed by atoms with Crippen LogP contribution in [0.15, 0.2) is 24.3 Å². The van der Waals surface area contributed by atoms with Crippen LogP contribution in [0.1, 0.15) is 24.2 Å². The molecule has 0 aliphatic heterocycles. The molecular formula is C10H10O. The summed E-state index contributed by atoms with van der Waals surface area (Å²) >= 11 is 0. The minimum Gasteiger partial charge on any atom is -0.389 e. The Bertz CT molecular complexity index is 281. The van der Waals surface area contributed by atoms with Crippen molar-refractivity contribution in [1.82, 2.24) is 0 Å². The summed E-state index contributed by atoms with van der Waals surface area (Å²) in [6.45, 7) is 1.72. The topological polar surface area (TPSA) is 20.2 Å². The fourth-order valence-corrected chi connectivity index (χ4v) is 0.888. The maximum Gasteiger partial charge on any atom is 0.0762 e. The van der Waals surface area contributed by atoms with Crippen LogP contribution < -0.4 is 0 Å². The second-order valence-corrected chi connectivity index (χ2v) is 2.45. The number of terminal acetylenes is 1. The molecule has 0 radical (unpaired) electrons. The quantitative estimate of drug-likeness (QED) is 0.598. The van der Waals surface area contributed by atoms with E-state index in [1.807, 2.05) is 24.3 Å². The molecule has 0 heterocycles. The molecule has 0 fully saturated rings. The van der Waals surface area contributed by atoms with E-state index in [1.54, 1.807) is 6.92 Å². The summed E-state index contributed by atoms with van der Waals surface area (Å²) in [6.07, 6.45) is 4.75. The molecule has 0 amide bonds. The second-order valence-electron chi connectivity index (χ2n) is 2.45.